The van der Waals surface area contributed by atoms with E-state index < -0.39 is 5.41 Å². The molecule has 9 aromatic rings. The predicted octanol–water partition coefficient (Wildman–Crippen LogP) is 13.5. The van der Waals surface area contributed by atoms with E-state index in [0.717, 1.165) is 0 Å². The van der Waals surface area contributed by atoms with Gasteiger partial charge in [0.25, 0.3) is 0 Å². The Kier molecular flexibility index (Phi) is 6.24. The zero-order chi connectivity index (χ0) is 32.9. The molecule has 0 N–H and O–H groups in total. The first-order valence-corrected chi connectivity index (χ1v) is 18.5. The Hall–Kier alpha value is -5.22. The third-order valence-corrected chi connectivity index (χ3v) is 12.8. The molecule has 3 heterocycles. The Bertz CT molecular complexity index is 2590. The number of fused-ring (bicyclic) bond motifs is 8. The molecule has 0 radical (unpaired) electrons. The monoisotopic (exact) mass is 663 g/mol. The van der Waals surface area contributed by atoms with Crippen molar-refractivity contribution in [3.8, 4) is 0 Å². The van der Waals surface area contributed by atoms with Crippen molar-refractivity contribution in [2.24, 2.45) is 0 Å². The van der Waals surface area contributed by atoms with E-state index in [2.05, 4.69) is 171 Å². The van der Waals surface area contributed by atoms with Gasteiger partial charge in [0.1, 0.15) is 0 Å². The maximum absolute atomic E-state index is 2.50. The molecule has 0 saturated carbocycles. The second kappa shape index (κ2) is 10.6. The topological polar surface area (TPSA) is 3.24 Å². The van der Waals surface area contributed by atoms with Crippen LogP contribution >= 0.6 is 22.7 Å². The van der Waals surface area contributed by atoms with E-state index in [4.69, 9.17) is 0 Å². The summed E-state index contributed by atoms with van der Waals surface area (Å²) in [6.07, 6.45) is 0. The number of hydrogen-bond donors (Lipinski definition) is 0. The summed E-state index contributed by atoms with van der Waals surface area (Å²) < 4.78 is 5.31. The zero-order valence-corrected chi connectivity index (χ0v) is 29.3. The van der Waals surface area contributed by atoms with E-state index in [1.54, 1.807) is 0 Å². The van der Waals surface area contributed by atoms with E-state index in [9.17, 15) is 0 Å². The average Bonchev–Trinajstić information content (AvgIpc) is 3.69. The molecule has 3 heteroatoms. The molecular weight excluding hydrogens is 631 g/mol. The van der Waals surface area contributed by atoms with Gasteiger partial charge in [-0.3, -0.25) is 0 Å². The molecule has 2 aromatic heterocycles. The van der Waals surface area contributed by atoms with Crippen molar-refractivity contribution in [1.29, 1.82) is 0 Å². The molecule has 0 fully saturated rings. The molecule has 10 rings (SSSR count). The lowest BCUT2D eigenvalue weighted by Gasteiger charge is -2.47. The van der Waals surface area contributed by atoms with Crippen LogP contribution in [0.2, 0.25) is 0 Å². The first-order valence-electron chi connectivity index (χ1n) is 16.9. The van der Waals surface area contributed by atoms with Gasteiger partial charge in [-0.25, -0.2) is 0 Å². The summed E-state index contributed by atoms with van der Waals surface area (Å²) in [4.78, 5) is 2.48. The third kappa shape index (κ3) is 4.16. The summed E-state index contributed by atoms with van der Waals surface area (Å²) in [6, 6.07) is 55.4. The van der Waals surface area contributed by atoms with Crippen LogP contribution in [0.1, 0.15) is 38.9 Å². The van der Waals surface area contributed by atoms with Crippen LogP contribution in [0.3, 0.4) is 0 Å². The van der Waals surface area contributed by atoms with Gasteiger partial charge in [0, 0.05) is 46.0 Å². The fraction of sp³-hybridized carbons (Fsp3) is 0.0870. The molecule has 0 spiro atoms. The maximum atomic E-state index is 2.50. The summed E-state index contributed by atoms with van der Waals surface area (Å²) in [5.41, 5.74) is 12.0. The lowest BCUT2D eigenvalue weighted by molar-refractivity contribution is 0.732. The summed E-state index contributed by atoms with van der Waals surface area (Å²) in [7, 11) is 0. The van der Waals surface area contributed by atoms with E-state index in [0.29, 0.717) is 0 Å². The maximum Gasteiger partial charge on any atom is 0.0743 e. The highest BCUT2D eigenvalue weighted by atomic mass is 32.1. The first kappa shape index (κ1) is 28.8. The van der Waals surface area contributed by atoms with Gasteiger partial charge in [0.15, 0.2) is 0 Å². The number of benzene rings is 7. The van der Waals surface area contributed by atoms with Gasteiger partial charge in [-0.2, -0.15) is 0 Å². The van der Waals surface area contributed by atoms with Gasteiger partial charge in [0.05, 0.1) is 16.8 Å². The highest BCUT2D eigenvalue weighted by Crippen LogP contribution is 2.59. The fourth-order valence-electron chi connectivity index (χ4n) is 8.24. The fourth-order valence-corrected chi connectivity index (χ4v) is 10.4. The van der Waals surface area contributed by atoms with Crippen LogP contribution in [0.25, 0.3) is 40.3 Å². The smallest absolute Gasteiger partial charge is 0.0743 e. The van der Waals surface area contributed by atoms with E-state index in [1.807, 2.05) is 22.7 Å². The standard InChI is InChI=1S/C46H33NS2/c1-28-12-18-33(19-13-28)47-40-20-14-29(2)24-38(40)46(39-25-30(3)15-21-41(39)47,31-16-22-44-36(26-31)34-8-4-6-10-42(34)48-44)32-17-23-45-37(27-32)35-9-5-7-11-43(35)49-45/h4-27H,1-3H3. The quantitative estimate of drug-likeness (QED) is 0.182. The zero-order valence-electron chi connectivity index (χ0n) is 27.6. The van der Waals surface area contributed by atoms with E-state index >= 15 is 0 Å². The van der Waals surface area contributed by atoms with Crippen molar-refractivity contribution in [1.82, 2.24) is 0 Å². The molecule has 1 aliphatic rings. The van der Waals surface area contributed by atoms with Gasteiger partial charge >= 0.3 is 0 Å². The number of hydrogen-bond acceptors (Lipinski definition) is 3. The Morgan fingerprint density at radius 3 is 1.37 bits per heavy atom. The third-order valence-electron chi connectivity index (χ3n) is 10.5. The molecule has 49 heavy (non-hydrogen) atoms. The van der Waals surface area contributed by atoms with Crippen LogP contribution in [0.15, 0.2) is 146 Å². The first-order chi connectivity index (χ1) is 24.0. The normalized spacial score (nSPS) is 13.7. The summed E-state index contributed by atoms with van der Waals surface area (Å²) in [5, 5.41) is 5.29. The SMILES string of the molecule is Cc1ccc(N2c3ccc(C)cc3C(c3ccc4sc5ccccc5c4c3)(c3ccc4sc5ccccc5c4c3)c3cc(C)ccc32)cc1. The number of aryl methyl sites for hydroxylation is 3. The molecule has 234 valence electrons. The Labute approximate surface area is 294 Å². The minimum atomic E-state index is -0.571. The van der Waals surface area contributed by atoms with E-state index in [-0.39, 0.29) is 0 Å². The summed E-state index contributed by atoms with van der Waals surface area (Å²) in [6.45, 7) is 6.63. The van der Waals surface area contributed by atoms with Gasteiger partial charge < -0.3 is 4.90 Å². The minimum Gasteiger partial charge on any atom is -0.310 e. The molecule has 0 amide bonds. The number of nitrogens with zero attached hydrogens (tertiary/aromatic N) is 1. The van der Waals surface area contributed by atoms with Crippen LogP contribution < -0.4 is 4.90 Å². The van der Waals surface area contributed by atoms with Crippen LogP contribution in [0, 0.1) is 20.8 Å². The number of rotatable bonds is 3. The molecule has 1 aliphatic heterocycles. The average molecular weight is 664 g/mol. The molecule has 7 aromatic carbocycles. The molecule has 0 aliphatic carbocycles. The van der Waals surface area contributed by atoms with Crippen LogP contribution in [0.4, 0.5) is 17.1 Å². The van der Waals surface area contributed by atoms with Crippen LogP contribution in [-0.4, -0.2) is 0 Å². The number of anilines is 3. The second-order valence-electron chi connectivity index (χ2n) is 13.6. The van der Waals surface area contributed by atoms with Gasteiger partial charge in [0.2, 0.25) is 0 Å². The van der Waals surface area contributed by atoms with Gasteiger partial charge in [-0.1, -0.05) is 102 Å². The van der Waals surface area contributed by atoms with Crippen molar-refractivity contribution < 1.29 is 0 Å². The lowest BCUT2D eigenvalue weighted by atomic mass is 9.61. The summed E-state index contributed by atoms with van der Waals surface area (Å²) >= 11 is 3.77. The van der Waals surface area contributed by atoms with Crippen LogP contribution in [0.5, 0.6) is 0 Å². The highest BCUT2D eigenvalue weighted by Gasteiger charge is 2.47. The van der Waals surface area contributed by atoms with Crippen molar-refractivity contribution in [3.05, 3.63) is 185 Å². The molecule has 1 nitrogen and oxygen atoms in total. The van der Waals surface area contributed by atoms with Crippen LogP contribution in [-0.2, 0) is 5.41 Å². The largest absolute Gasteiger partial charge is 0.310 e. The summed E-state index contributed by atoms with van der Waals surface area (Å²) in [5.74, 6) is 0. The van der Waals surface area contributed by atoms with Gasteiger partial charge in [-0.05, 0) is 104 Å². The Morgan fingerprint density at radius 2 is 0.857 bits per heavy atom. The van der Waals surface area contributed by atoms with Crippen molar-refractivity contribution in [2.45, 2.75) is 26.2 Å². The Balaban J connectivity index is 1.39. The second-order valence-corrected chi connectivity index (χ2v) is 15.7. The van der Waals surface area contributed by atoms with Crippen molar-refractivity contribution in [3.63, 3.8) is 0 Å². The van der Waals surface area contributed by atoms with E-state index in [1.165, 1.54) is 96.4 Å². The molecule has 0 atom stereocenters. The lowest BCUT2D eigenvalue weighted by Crippen LogP contribution is -2.38. The Morgan fingerprint density at radius 1 is 0.408 bits per heavy atom. The molecular formula is C46H33NS2. The molecule has 0 saturated heterocycles. The predicted molar refractivity (Wildman–Crippen MR) is 213 cm³/mol. The minimum absolute atomic E-state index is 0.571. The number of thiophene rings is 2. The molecule has 0 bridgehead atoms. The van der Waals surface area contributed by atoms with Gasteiger partial charge in [-0.15, -0.1) is 22.7 Å². The highest BCUT2D eigenvalue weighted by molar-refractivity contribution is 7.26. The molecule has 0 unspecified atom stereocenters. The van der Waals surface area contributed by atoms with Crippen molar-refractivity contribution in [2.75, 3.05) is 4.90 Å². The van der Waals surface area contributed by atoms with Crippen molar-refractivity contribution >= 4 is 80.1 Å².